The van der Waals surface area contributed by atoms with E-state index in [1.807, 2.05) is 41.5 Å². The molecule has 4 heteroatoms. The van der Waals surface area contributed by atoms with Crippen LogP contribution in [0.3, 0.4) is 0 Å². The number of hydrogen-bond acceptors (Lipinski definition) is 2. The van der Waals surface area contributed by atoms with Crippen molar-refractivity contribution in [1.29, 1.82) is 0 Å². The summed E-state index contributed by atoms with van der Waals surface area (Å²) >= 11 is 0. The Bertz CT molecular complexity index is 647. The number of aromatic nitrogens is 2. The molecule has 0 unspecified atom stereocenters. The average molecular weight is 248 g/mol. The lowest BCUT2D eigenvalue weighted by atomic mass is 10.0. The molecular weight excluding hydrogens is 228 g/mol. The maximum Gasteiger partial charge on any atom is 0.278 e. The van der Waals surface area contributed by atoms with E-state index in [2.05, 4.69) is 0 Å². The first kappa shape index (κ1) is 12.9. The Balaban J connectivity index is 3.03. The van der Waals surface area contributed by atoms with Crippen molar-refractivity contribution < 1.29 is 0 Å². The van der Waals surface area contributed by atoms with Crippen LogP contribution in [0.1, 0.15) is 62.0 Å². The van der Waals surface area contributed by atoms with Crippen molar-refractivity contribution in [3.63, 3.8) is 0 Å². The van der Waals surface area contributed by atoms with Crippen LogP contribution >= 0.6 is 0 Å². The molecule has 0 spiro atoms. The molecule has 98 valence electrons. The van der Waals surface area contributed by atoms with Gasteiger partial charge in [0, 0.05) is 22.5 Å². The molecule has 0 saturated heterocycles. The van der Waals surface area contributed by atoms with Crippen molar-refractivity contribution in [2.24, 2.45) is 0 Å². The van der Waals surface area contributed by atoms with Crippen LogP contribution in [0.5, 0.6) is 0 Å². The molecule has 0 aromatic carbocycles. The lowest BCUT2D eigenvalue weighted by Crippen LogP contribution is -2.25. The molecule has 0 aliphatic carbocycles. The zero-order valence-corrected chi connectivity index (χ0v) is 11.9. The smallest absolute Gasteiger partial charge is 0.267 e. The fraction of sp³-hybridized carbons (Fsp3) is 0.571. The highest BCUT2D eigenvalue weighted by atomic mass is 16.2. The SMILES string of the molecule is Cc1c(C(C)C)c(=O)n2c(=O)c(C(C)C)c(C)n12. The van der Waals surface area contributed by atoms with Crippen molar-refractivity contribution in [3.8, 4) is 0 Å². The summed E-state index contributed by atoms with van der Waals surface area (Å²) < 4.78 is 3.06. The van der Waals surface area contributed by atoms with Crippen LogP contribution < -0.4 is 11.1 Å². The van der Waals surface area contributed by atoms with Crippen LogP contribution in [0.2, 0.25) is 0 Å². The van der Waals surface area contributed by atoms with E-state index in [-0.39, 0.29) is 23.0 Å². The maximum absolute atomic E-state index is 12.3. The molecule has 2 rings (SSSR count). The third-order valence-electron chi connectivity index (χ3n) is 3.62. The van der Waals surface area contributed by atoms with E-state index in [0.717, 1.165) is 22.5 Å². The molecule has 2 aromatic rings. The number of aryl methyl sites for hydroxylation is 2. The second kappa shape index (κ2) is 3.97. The van der Waals surface area contributed by atoms with Gasteiger partial charge in [-0.3, -0.25) is 14.1 Å². The van der Waals surface area contributed by atoms with Gasteiger partial charge in [0.25, 0.3) is 11.1 Å². The highest BCUT2D eigenvalue weighted by molar-refractivity contribution is 5.30. The molecule has 0 atom stereocenters. The van der Waals surface area contributed by atoms with Crippen LogP contribution in [-0.4, -0.2) is 9.03 Å². The fourth-order valence-electron chi connectivity index (χ4n) is 2.92. The van der Waals surface area contributed by atoms with Crippen molar-refractivity contribution in [1.82, 2.24) is 9.03 Å². The lowest BCUT2D eigenvalue weighted by molar-refractivity contribution is 0.768. The largest absolute Gasteiger partial charge is 0.278 e. The number of hydrogen-bond donors (Lipinski definition) is 0. The van der Waals surface area contributed by atoms with Gasteiger partial charge in [-0.2, -0.15) is 4.52 Å². The predicted molar refractivity (Wildman–Crippen MR) is 72.2 cm³/mol. The van der Waals surface area contributed by atoms with Crippen molar-refractivity contribution in [2.75, 3.05) is 0 Å². The zero-order valence-electron chi connectivity index (χ0n) is 11.9. The van der Waals surface area contributed by atoms with Gasteiger partial charge in [0.2, 0.25) is 0 Å². The van der Waals surface area contributed by atoms with Crippen molar-refractivity contribution in [2.45, 2.75) is 53.4 Å². The molecule has 0 aliphatic heterocycles. The van der Waals surface area contributed by atoms with Crippen molar-refractivity contribution in [3.05, 3.63) is 43.2 Å². The Morgan fingerprint density at radius 3 is 1.28 bits per heavy atom. The molecule has 0 aliphatic rings. The number of rotatable bonds is 2. The van der Waals surface area contributed by atoms with Gasteiger partial charge < -0.3 is 0 Å². The first-order valence-corrected chi connectivity index (χ1v) is 6.39. The topological polar surface area (TPSA) is 43.0 Å². The van der Waals surface area contributed by atoms with E-state index in [4.69, 9.17) is 0 Å². The Hall–Kier alpha value is -1.58. The average Bonchev–Trinajstić information content (AvgIpc) is 2.63. The molecule has 18 heavy (non-hydrogen) atoms. The van der Waals surface area contributed by atoms with Gasteiger partial charge in [0.05, 0.1) is 0 Å². The van der Waals surface area contributed by atoms with Gasteiger partial charge in [-0.05, 0) is 25.7 Å². The molecule has 0 bridgehead atoms. The van der Waals surface area contributed by atoms with E-state index in [9.17, 15) is 9.59 Å². The molecule has 2 heterocycles. The minimum Gasteiger partial charge on any atom is -0.267 e. The van der Waals surface area contributed by atoms with Crippen LogP contribution in [0.15, 0.2) is 9.59 Å². The number of fused-ring (bicyclic) bond motifs is 1. The molecule has 0 radical (unpaired) electrons. The highest BCUT2D eigenvalue weighted by Crippen LogP contribution is 2.20. The van der Waals surface area contributed by atoms with E-state index in [0.29, 0.717) is 0 Å². The summed E-state index contributed by atoms with van der Waals surface area (Å²) in [7, 11) is 0. The molecule has 2 aromatic heterocycles. The van der Waals surface area contributed by atoms with E-state index < -0.39 is 0 Å². The molecule has 0 saturated carbocycles. The Kier molecular flexibility index (Phi) is 2.84. The summed E-state index contributed by atoms with van der Waals surface area (Å²) in [5.41, 5.74) is 2.93. The van der Waals surface area contributed by atoms with Gasteiger partial charge in [-0.25, -0.2) is 0 Å². The third-order valence-corrected chi connectivity index (χ3v) is 3.62. The quantitative estimate of drug-likeness (QED) is 0.816. The first-order chi connectivity index (χ1) is 8.29. The molecule has 0 N–H and O–H groups in total. The number of nitrogens with zero attached hydrogens (tertiary/aromatic N) is 2. The summed E-state index contributed by atoms with van der Waals surface area (Å²) in [5, 5.41) is 0. The van der Waals surface area contributed by atoms with Crippen LogP contribution in [0.4, 0.5) is 0 Å². The molecule has 4 nitrogen and oxygen atoms in total. The van der Waals surface area contributed by atoms with E-state index >= 15 is 0 Å². The van der Waals surface area contributed by atoms with Gasteiger partial charge in [-0.15, -0.1) is 0 Å². The molecular formula is C14H20N2O2. The monoisotopic (exact) mass is 248 g/mol. The first-order valence-electron chi connectivity index (χ1n) is 6.39. The van der Waals surface area contributed by atoms with Gasteiger partial charge in [-0.1, -0.05) is 27.7 Å². The normalized spacial score (nSPS) is 12.2. The zero-order chi connectivity index (χ0) is 13.8. The molecule has 0 amide bonds. The van der Waals surface area contributed by atoms with Crippen LogP contribution in [-0.2, 0) is 0 Å². The van der Waals surface area contributed by atoms with E-state index in [1.165, 1.54) is 4.52 Å². The summed E-state index contributed by atoms with van der Waals surface area (Å²) in [4.78, 5) is 24.7. The molecule has 0 fully saturated rings. The Labute approximate surface area is 106 Å². The summed E-state index contributed by atoms with van der Waals surface area (Å²) in [6.45, 7) is 11.7. The van der Waals surface area contributed by atoms with E-state index in [1.54, 1.807) is 4.52 Å². The lowest BCUT2D eigenvalue weighted by Gasteiger charge is -2.04. The summed E-state index contributed by atoms with van der Waals surface area (Å²) in [5.74, 6) is 0.261. The summed E-state index contributed by atoms with van der Waals surface area (Å²) in [6, 6.07) is 0. The van der Waals surface area contributed by atoms with Gasteiger partial charge in [0.15, 0.2) is 0 Å². The van der Waals surface area contributed by atoms with Gasteiger partial charge >= 0.3 is 0 Å². The Morgan fingerprint density at radius 1 is 0.722 bits per heavy atom. The fourth-order valence-corrected chi connectivity index (χ4v) is 2.92. The van der Waals surface area contributed by atoms with Crippen molar-refractivity contribution >= 4 is 0 Å². The summed E-state index contributed by atoms with van der Waals surface area (Å²) in [6.07, 6.45) is 0. The van der Waals surface area contributed by atoms with Crippen LogP contribution in [0.25, 0.3) is 0 Å². The highest BCUT2D eigenvalue weighted by Gasteiger charge is 2.24. The van der Waals surface area contributed by atoms with Gasteiger partial charge in [0.1, 0.15) is 0 Å². The minimum atomic E-state index is -0.164. The third kappa shape index (κ3) is 1.44. The maximum atomic E-state index is 12.3. The van der Waals surface area contributed by atoms with Crippen LogP contribution in [0, 0.1) is 13.8 Å². The predicted octanol–water partition coefficient (Wildman–Crippen LogP) is 2.06. The Morgan fingerprint density at radius 2 is 1.06 bits per heavy atom. The standard InChI is InChI=1S/C14H20N2O2/c1-7(2)11-9(5)15-10(6)12(8(3)4)14(18)16(15)13(11)17/h7-8H,1-6H3. The second-order valence-corrected chi connectivity index (χ2v) is 5.54. The minimum absolute atomic E-state index is 0.131. The second-order valence-electron chi connectivity index (χ2n) is 5.54.